The van der Waals surface area contributed by atoms with Crippen molar-refractivity contribution in [3.8, 4) is 0 Å². The van der Waals surface area contributed by atoms with Crippen molar-refractivity contribution < 1.29 is 5.21 Å². The molecule has 0 amide bonds. The van der Waals surface area contributed by atoms with Crippen LogP contribution in [0, 0.1) is 0 Å². The minimum atomic E-state index is 0.720. The molecule has 14 heavy (non-hydrogen) atoms. The first-order chi connectivity index (χ1) is 6.86. The Bertz CT molecular complexity index is 240. The first kappa shape index (κ1) is 12.8. The number of rotatable bonds is 4. The maximum atomic E-state index is 8.63. The van der Waals surface area contributed by atoms with Crippen LogP contribution in [0.15, 0.2) is 23.5 Å². The van der Waals surface area contributed by atoms with Crippen LogP contribution in [0.1, 0.15) is 39.3 Å². The predicted octanol–water partition coefficient (Wildman–Crippen LogP) is 3.21. The van der Waals surface area contributed by atoms with Gasteiger partial charge in [-0.3, -0.25) is 0 Å². The number of nitrogens with zero attached hydrogens (tertiary/aromatic N) is 1. The van der Waals surface area contributed by atoms with Gasteiger partial charge in [-0.2, -0.15) is 0 Å². The van der Waals surface area contributed by atoms with Crippen molar-refractivity contribution in [1.82, 2.24) is 4.98 Å². The Kier molecular flexibility index (Phi) is 7.61. The summed E-state index contributed by atoms with van der Waals surface area (Å²) in [5.74, 6) is 0. The second-order valence-electron chi connectivity index (χ2n) is 2.79. The van der Waals surface area contributed by atoms with Gasteiger partial charge in [0.05, 0.1) is 5.71 Å². The zero-order valence-corrected chi connectivity index (χ0v) is 9.25. The molecule has 0 aliphatic carbocycles. The monoisotopic (exact) mass is 196 g/mol. The van der Waals surface area contributed by atoms with Crippen LogP contribution in [0.5, 0.6) is 0 Å². The van der Waals surface area contributed by atoms with E-state index in [0.717, 1.165) is 30.7 Å². The van der Waals surface area contributed by atoms with E-state index in [9.17, 15) is 0 Å². The van der Waals surface area contributed by atoms with E-state index >= 15 is 0 Å². The number of hydrogen-bond donors (Lipinski definition) is 2. The second kappa shape index (κ2) is 8.35. The molecule has 3 nitrogen and oxygen atoms in total. The van der Waals surface area contributed by atoms with Crippen molar-refractivity contribution in [1.29, 1.82) is 0 Å². The quantitative estimate of drug-likeness (QED) is 0.433. The number of aromatic nitrogens is 1. The molecule has 1 aromatic heterocycles. The van der Waals surface area contributed by atoms with Gasteiger partial charge in [0.1, 0.15) is 0 Å². The number of hydrogen-bond acceptors (Lipinski definition) is 2. The van der Waals surface area contributed by atoms with E-state index in [1.54, 1.807) is 0 Å². The van der Waals surface area contributed by atoms with Crippen LogP contribution in [0.4, 0.5) is 0 Å². The van der Waals surface area contributed by atoms with E-state index in [-0.39, 0.29) is 0 Å². The van der Waals surface area contributed by atoms with Crippen LogP contribution < -0.4 is 0 Å². The van der Waals surface area contributed by atoms with Gasteiger partial charge in [0.2, 0.25) is 0 Å². The summed E-state index contributed by atoms with van der Waals surface area (Å²) in [6.45, 7) is 6.07. The average Bonchev–Trinajstić information content (AvgIpc) is 2.73. The van der Waals surface area contributed by atoms with Gasteiger partial charge in [-0.1, -0.05) is 32.3 Å². The van der Waals surface area contributed by atoms with E-state index in [0.29, 0.717) is 0 Å². The van der Waals surface area contributed by atoms with Gasteiger partial charge >= 0.3 is 0 Å². The van der Waals surface area contributed by atoms with E-state index in [2.05, 4.69) is 17.1 Å². The molecule has 0 atom stereocenters. The molecular weight excluding hydrogens is 176 g/mol. The van der Waals surface area contributed by atoms with E-state index in [1.165, 1.54) is 0 Å². The molecule has 0 aliphatic rings. The smallest absolute Gasteiger partial charge is 0.0629 e. The molecule has 80 valence electrons. The minimum Gasteiger partial charge on any atom is -0.411 e. The molecule has 0 fully saturated rings. The maximum Gasteiger partial charge on any atom is 0.0629 e. The lowest BCUT2D eigenvalue weighted by Crippen LogP contribution is -2.02. The molecule has 3 heteroatoms. The van der Waals surface area contributed by atoms with Crippen molar-refractivity contribution in [2.24, 2.45) is 5.16 Å². The van der Waals surface area contributed by atoms with Crippen molar-refractivity contribution in [3.63, 3.8) is 0 Å². The summed E-state index contributed by atoms with van der Waals surface area (Å²) >= 11 is 0. The maximum absolute atomic E-state index is 8.63. The fourth-order valence-corrected chi connectivity index (χ4v) is 1.16. The van der Waals surface area contributed by atoms with Crippen molar-refractivity contribution in [3.05, 3.63) is 24.0 Å². The first-order valence-corrected chi connectivity index (χ1v) is 5.19. The lowest BCUT2D eigenvalue weighted by atomic mass is 10.1. The highest BCUT2D eigenvalue weighted by atomic mass is 16.4. The molecular formula is C11H20N2O. The minimum absolute atomic E-state index is 0.720. The molecule has 0 saturated heterocycles. The Hall–Kier alpha value is -1.25. The normalized spacial score (nSPS) is 10.6. The molecule has 2 N–H and O–H groups in total. The summed E-state index contributed by atoms with van der Waals surface area (Å²) in [6.07, 6.45) is 4.46. The van der Waals surface area contributed by atoms with E-state index in [1.807, 2.05) is 32.2 Å². The highest BCUT2D eigenvalue weighted by Gasteiger charge is 2.00. The topological polar surface area (TPSA) is 48.4 Å². The molecule has 1 heterocycles. The Balaban J connectivity index is 0.000000791. The summed E-state index contributed by atoms with van der Waals surface area (Å²) in [7, 11) is 0. The van der Waals surface area contributed by atoms with Crippen molar-refractivity contribution in [2.75, 3.05) is 0 Å². The molecule has 0 spiro atoms. The predicted molar refractivity (Wildman–Crippen MR) is 60.0 cm³/mol. The standard InChI is InChI=1S/C9H14N2O.C2H6/c1-2-4-9(11-12)7-8-5-3-6-10-8;1-2/h3,5-6,10,12H,2,4,7H2,1H3;1-2H3. The van der Waals surface area contributed by atoms with Gasteiger partial charge in [-0.05, 0) is 18.6 Å². The van der Waals surface area contributed by atoms with Crippen molar-refractivity contribution >= 4 is 5.71 Å². The van der Waals surface area contributed by atoms with Gasteiger partial charge in [0, 0.05) is 18.3 Å². The van der Waals surface area contributed by atoms with Gasteiger partial charge in [0.15, 0.2) is 0 Å². The highest BCUT2D eigenvalue weighted by Crippen LogP contribution is 2.01. The van der Waals surface area contributed by atoms with Crippen LogP contribution in [0.25, 0.3) is 0 Å². The first-order valence-electron chi connectivity index (χ1n) is 5.19. The van der Waals surface area contributed by atoms with Gasteiger partial charge < -0.3 is 10.2 Å². The Morgan fingerprint density at radius 3 is 2.64 bits per heavy atom. The molecule has 0 saturated carbocycles. The Morgan fingerprint density at radius 2 is 2.21 bits per heavy atom. The zero-order valence-electron chi connectivity index (χ0n) is 9.25. The lowest BCUT2D eigenvalue weighted by molar-refractivity contribution is 0.316. The van der Waals surface area contributed by atoms with E-state index in [4.69, 9.17) is 5.21 Å². The molecule has 1 rings (SSSR count). The number of nitrogens with one attached hydrogen (secondary N) is 1. The summed E-state index contributed by atoms with van der Waals surface area (Å²) in [5.41, 5.74) is 1.93. The van der Waals surface area contributed by atoms with Gasteiger partial charge in [-0.15, -0.1) is 0 Å². The lowest BCUT2D eigenvalue weighted by Gasteiger charge is -1.99. The fourth-order valence-electron chi connectivity index (χ4n) is 1.16. The fraction of sp³-hybridized carbons (Fsp3) is 0.545. The number of oxime groups is 1. The Morgan fingerprint density at radius 1 is 1.50 bits per heavy atom. The summed E-state index contributed by atoms with van der Waals surface area (Å²) in [5, 5.41) is 11.9. The number of H-pyrrole nitrogens is 1. The molecule has 0 radical (unpaired) electrons. The third kappa shape index (κ3) is 4.70. The molecule has 0 bridgehead atoms. The van der Waals surface area contributed by atoms with Crippen molar-refractivity contribution in [2.45, 2.75) is 40.0 Å². The molecule has 0 unspecified atom stereocenters. The van der Waals surface area contributed by atoms with Gasteiger partial charge in [0.25, 0.3) is 0 Å². The Labute approximate surface area is 85.8 Å². The van der Waals surface area contributed by atoms with Gasteiger partial charge in [-0.25, -0.2) is 0 Å². The van der Waals surface area contributed by atoms with Crippen LogP contribution in [0.2, 0.25) is 0 Å². The zero-order chi connectivity index (χ0) is 10.8. The molecule has 0 aromatic carbocycles. The largest absolute Gasteiger partial charge is 0.411 e. The second-order valence-corrected chi connectivity index (χ2v) is 2.79. The third-order valence-corrected chi connectivity index (χ3v) is 1.74. The van der Waals surface area contributed by atoms with E-state index < -0.39 is 0 Å². The highest BCUT2D eigenvalue weighted by molar-refractivity contribution is 5.85. The number of aromatic amines is 1. The molecule has 0 aliphatic heterocycles. The van der Waals surface area contributed by atoms with Crippen LogP contribution in [-0.4, -0.2) is 15.9 Å². The van der Waals surface area contributed by atoms with Crippen LogP contribution in [0.3, 0.4) is 0 Å². The van der Waals surface area contributed by atoms with Crippen LogP contribution >= 0.6 is 0 Å². The molecule has 1 aromatic rings. The summed E-state index contributed by atoms with van der Waals surface area (Å²) in [4.78, 5) is 3.07. The average molecular weight is 196 g/mol. The SMILES string of the molecule is CC.CCCC(Cc1ccc[nH]1)=NO. The third-order valence-electron chi connectivity index (χ3n) is 1.74. The summed E-state index contributed by atoms with van der Waals surface area (Å²) < 4.78 is 0. The summed E-state index contributed by atoms with van der Waals surface area (Å²) in [6, 6.07) is 3.93. The van der Waals surface area contributed by atoms with Crippen LogP contribution in [-0.2, 0) is 6.42 Å².